The van der Waals surface area contributed by atoms with Gasteiger partial charge in [-0.1, -0.05) is 78.9 Å². The van der Waals surface area contributed by atoms with E-state index in [0.29, 0.717) is 0 Å². The van der Waals surface area contributed by atoms with Gasteiger partial charge in [0, 0.05) is 43.1 Å². The highest BCUT2D eigenvalue weighted by Crippen LogP contribution is 2.44. The number of benzene rings is 6. The molecule has 2 heteroatoms. The molecule has 6 aromatic carbocycles. The van der Waals surface area contributed by atoms with E-state index >= 15 is 0 Å². The van der Waals surface area contributed by atoms with Crippen molar-refractivity contribution in [3.8, 4) is 0 Å². The maximum atomic E-state index is 2.47. The summed E-state index contributed by atoms with van der Waals surface area (Å²) in [6.07, 6.45) is 0. The maximum Gasteiger partial charge on any atom is 0.0620 e. The molecule has 0 bridgehead atoms. The predicted molar refractivity (Wildman–Crippen MR) is 153 cm³/mol. The molecule has 0 spiro atoms. The van der Waals surface area contributed by atoms with Crippen LogP contribution in [0.4, 0.5) is 0 Å². The molecule has 4 aromatic heterocycles. The van der Waals surface area contributed by atoms with Crippen molar-refractivity contribution in [3.05, 3.63) is 109 Å². The Labute approximate surface area is 204 Å². The fourth-order valence-electron chi connectivity index (χ4n) is 7.18. The average Bonchev–Trinajstić information content (AvgIpc) is 3.65. The number of aromatic nitrogens is 2. The molecule has 0 atom stereocenters. The Morgan fingerprint density at radius 1 is 0.333 bits per heavy atom. The van der Waals surface area contributed by atoms with Gasteiger partial charge in [-0.3, -0.25) is 0 Å². The molecular weight excluding hydrogens is 436 g/mol. The normalized spacial score (nSPS) is 13.0. The molecule has 0 aliphatic carbocycles. The molecule has 164 valence electrons. The minimum Gasteiger partial charge on any atom is -0.308 e. The monoisotopic (exact) mass is 454 g/mol. The lowest BCUT2D eigenvalue weighted by molar-refractivity contribution is 1.37. The highest BCUT2D eigenvalue weighted by molar-refractivity contribution is 6.31. The zero-order valence-electron chi connectivity index (χ0n) is 19.3. The lowest BCUT2D eigenvalue weighted by Crippen LogP contribution is -1.83. The molecule has 0 unspecified atom stereocenters. The third kappa shape index (κ3) is 1.78. The Morgan fingerprint density at radius 3 is 1.61 bits per heavy atom. The first-order chi connectivity index (χ1) is 17.9. The second kappa shape index (κ2) is 5.69. The first-order valence-electron chi connectivity index (χ1n) is 12.5. The summed E-state index contributed by atoms with van der Waals surface area (Å²) < 4.78 is 4.94. The van der Waals surface area contributed by atoms with E-state index in [0.717, 1.165) is 0 Å². The zero-order chi connectivity index (χ0) is 23.1. The molecule has 4 heterocycles. The summed E-state index contributed by atoms with van der Waals surface area (Å²) in [5.41, 5.74) is 7.81. The Kier molecular flexibility index (Phi) is 2.78. The van der Waals surface area contributed by atoms with Crippen LogP contribution < -0.4 is 0 Å². The van der Waals surface area contributed by atoms with Gasteiger partial charge >= 0.3 is 0 Å². The van der Waals surface area contributed by atoms with Gasteiger partial charge in [-0.05, 0) is 41.1 Å². The smallest absolute Gasteiger partial charge is 0.0620 e. The molecule has 10 aromatic rings. The van der Waals surface area contributed by atoms with Crippen molar-refractivity contribution in [2.24, 2.45) is 0 Å². The van der Waals surface area contributed by atoms with Gasteiger partial charge in [0.15, 0.2) is 0 Å². The molecule has 36 heavy (non-hydrogen) atoms. The minimum absolute atomic E-state index is 1.28. The van der Waals surface area contributed by atoms with Crippen LogP contribution in [0.25, 0.3) is 87.0 Å². The second-order valence-electron chi connectivity index (χ2n) is 10.2. The van der Waals surface area contributed by atoms with Gasteiger partial charge in [0.2, 0.25) is 0 Å². The average molecular weight is 455 g/mol. The van der Waals surface area contributed by atoms with Gasteiger partial charge in [0.1, 0.15) is 0 Å². The van der Waals surface area contributed by atoms with Crippen molar-refractivity contribution in [1.82, 2.24) is 8.80 Å². The second-order valence-corrected chi connectivity index (χ2v) is 10.2. The predicted octanol–water partition coefficient (Wildman–Crippen LogP) is 9.14. The van der Waals surface area contributed by atoms with Gasteiger partial charge in [-0.15, -0.1) is 0 Å². The molecule has 10 rings (SSSR count). The molecule has 2 nitrogen and oxygen atoms in total. The summed E-state index contributed by atoms with van der Waals surface area (Å²) in [6.45, 7) is 0. The van der Waals surface area contributed by atoms with E-state index in [4.69, 9.17) is 0 Å². The highest BCUT2D eigenvalue weighted by Gasteiger charge is 2.21. The van der Waals surface area contributed by atoms with E-state index in [-0.39, 0.29) is 0 Å². The molecule has 0 saturated heterocycles. The molecule has 0 radical (unpaired) electrons. The van der Waals surface area contributed by atoms with Crippen molar-refractivity contribution in [2.75, 3.05) is 0 Å². The lowest BCUT2D eigenvalue weighted by Gasteiger charge is -2.05. The lowest BCUT2D eigenvalue weighted by atomic mass is 9.99. The topological polar surface area (TPSA) is 8.82 Å². The molecular formula is C34H18N2. The zero-order valence-corrected chi connectivity index (χ0v) is 19.3. The van der Waals surface area contributed by atoms with Crippen molar-refractivity contribution in [1.29, 1.82) is 0 Å². The van der Waals surface area contributed by atoms with Crippen LogP contribution in [0.2, 0.25) is 0 Å². The summed E-state index contributed by atoms with van der Waals surface area (Å²) >= 11 is 0. The fraction of sp³-hybridized carbons (Fsp3) is 0. The Balaban J connectivity index is 1.48. The van der Waals surface area contributed by atoms with E-state index in [1.54, 1.807) is 0 Å². The van der Waals surface area contributed by atoms with Crippen LogP contribution in [-0.4, -0.2) is 8.80 Å². The Morgan fingerprint density at radius 2 is 0.889 bits per heavy atom. The quantitative estimate of drug-likeness (QED) is 0.216. The summed E-state index contributed by atoms with van der Waals surface area (Å²) in [5.74, 6) is 0. The van der Waals surface area contributed by atoms with Gasteiger partial charge in [-0.25, -0.2) is 0 Å². The van der Waals surface area contributed by atoms with Crippen molar-refractivity contribution >= 4 is 87.0 Å². The Bertz CT molecular complexity index is 2480. The summed E-state index contributed by atoms with van der Waals surface area (Å²) in [5, 5.41) is 13.3. The first-order valence-corrected chi connectivity index (χ1v) is 12.5. The Hall–Kier alpha value is -4.82. The van der Waals surface area contributed by atoms with Crippen LogP contribution in [0.3, 0.4) is 0 Å². The van der Waals surface area contributed by atoms with Gasteiger partial charge < -0.3 is 8.80 Å². The molecule has 0 amide bonds. The summed E-state index contributed by atoms with van der Waals surface area (Å²) in [6, 6.07) is 40.6. The number of nitrogens with zero attached hydrogens (tertiary/aromatic N) is 2. The van der Waals surface area contributed by atoms with Crippen LogP contribution >= 0.6 is 0 Å². The van der Waals surface area contributed by atoms with Crippen molar-refractivity contribution in [2.45, 2.75) is 0 Å². The number of para-hydroxylation sites is 4. The summed E-state index contributed by atoms with van der Waals surface area (Å²) in [7, 11) is 0. The molecule has 0 saturated carbocycles. The molecule has 0 fully saturated rings. The molecule has 0 aliphatic heterocycles. The number of fused-ring (bicyclic) bond motifs is 14. The van der Waals surface area contributed by atoms with Crippen LogP contribution in [0.15, 0.2) is 109 Å². The largest absolute Gasteiger partial charge is 0.308 e. The minimum atomic E-state index is 1.28. The van der Waals surface area contributed by atoms with E-state index in [9.17, 15) is 0 Å². The first kappa shape index (κ1) is 17.6. The van der Waals surface area contributed by atoms with Gasteiger partial charge in [0.25, 0.3) is 0 Å². The van der Waals surface area contributed by atoms with Crippen LogP contribution in [-0.2, 0) is 0 Å². The third-order valence-corrected chi connectivity index (χ3v) is 8.54. The van der Waals surface area contributed by atoms with E-state index in [2.05, 4.69) is 118 Å². The highest BCUT2D eigenvalue weighted by atomic mass is 14.9. The van der Waals surface area contributed by atoms with Gasteiger partial charge in [-0.2, -0.15) is 0 Å². The number of rotatable bonds is 0. The van der Waals surface area contributed by atoms with E-state index in [1.165, 1.54) is 87.0 Å². The van der Waals surface area contributed by atoms with Crippen molar-refractivity contribution in [3.63, 3.8) is 0 Å². The third-order valence-electron chi connectivity index (χ3n) is 8.54. The fourth-order valence-corrected chi connectivity index (χ4v) is 7.18. The van der Waals surface area contributed by atoms with Crippen LogP contribution in [0, 0.1) is 0 Å². The maximum absolute atomic E-state index is 2.47. The molecule has 0 N–H and O–H groups in total. The van der Waals surface area contributed by atoms with E-state index in [1.807, 2.05) is 0 Å². The number of hydrogen-bond acceptors (Lipinski definition) is 0. The molecule has 0 aliphatic rings. The van der Waals surface area contributed by atoms with Crippen LogP contribution in [0.5, 0.6) is 0 Å². The SMILES string of the molecule is c1ccc2c(c1)c1cccc3c4cc5c(ccc6c5c5cccc7c8ccccc8n6c75)cc4n2c13. The van der Waals surface area contributed by atoms with Crippen molar-refractivity contribution < 1.29 is 0 Å². The van der Waals surface area contributed by atoms with Crippen LogP contribution in [0.1, 0.15) is 0 Å². The standard InChI is InChI=1S/C34H18N2/c1-3-13-28-21(8-1)23-10-6-12-25-32-26-18-27-24-11-5-9-22-20-7-2-4-14-29(20)36(33(22)24)31(27)17-19(26)15-16-30(32)35(28)34(23)25/h1-18H. The summed E-state index contributed by atoms with van der Waals surface area (Å²) in [4.78, 5) is 0. The van der Waals surface area contributed by atoms with E-state index < -0.39 is 0 Å². The van der Waals surface area contributed by atoms with Gasteiger partial charge in [0.05, 0.1) is 33.1 Å². The number of hydrogen-bond donors (Lipinski definition) is 0.